The second-order valence-electron chi connectivity index (χ2n) is 9.91. The first-order valence-electron chi connectivity index (χ1n) is 12.6. The summed E-state index contributed by atoms with van der Waals surface area (Å²) in [6.45, 7) is 2.70. The zero-order chi connectivity index (χ0) is 28.5. The number of halogens is 4. The molecule has 1 fully saturated rings. The molecule has 5 rings (SSSR count). The summed E-state index contributed by atoms with van der Waals surface area (Å²) in [5.74, 6) is -0.739. The van der Waals surface area contributed by atoms with Crippen molar-refractivity contribution in [3.05, 3.63) is 95.7 Å². The van der Waals surface area contributed by atoms with Gasteiger partial charge >= 0.3 is 6.18 Å². The van der Waals surface area contributed by atoms with Gasteiger partial charge < -0.3 is 10.2 Å². The van der Waals surface area contributed by atoms with Gasteiger partial charge in [0.15, 0.2) is 5.69 Å². The molecule has 206 valence electrons. The number of likely N-dealkylation sites (tertiary alicyclic amines) is 1. The first kappa shape index (κ1) is 27.0. The molecular formula is C29H25F4N5O2. The fourth-order valence-electron chi connectivity index (χ4n) is 5.04. The number of nitrogens with zero attached hydrogens (tertiary/aromatic N) is 4. The second-order valence-corrected chi connectivity index (χ2v) is 9.91. The maximum Gasteiger partial charge on any atom is 0.416 e. The Balaban J connectivity index is 1.42. The summed E-state index contributed by atoms with van der Waals surface area (Å²) < 4.78 is 54.9. The van der Waals surface area contributed by atoms with Gasteiger partial charge in [-0.05, 0) is 84.5 Å². The van der Waals surface area contributed by atoms with Gasteiger partial charge in [-0.1, -0.05) is 6.92 Å². The van der Waals surface area contributed by atoms with Crippen molar-refractivity contribution in [1.29, 1.82) is 0 Å². The highest BCUT2D eigenvalue weighted by molar-refractivity contribution is 5.93. The monoisotopic (exact) mass is 551 g/mol. The Bertz CT molecular complexity index is 1530. The van der Waals surface area contributed by atoms with Crippen molar-refractivity contribution < 1.29 is 27.2 Å². The molecule has 2 aromatic heterocycles. The summed E-state index contributed by atoms with van der Waals surface area (Å²) in [5, 5.41) is 7.12. The number of anilines is 1. The van der Waals surface area contributed by atoms with Crippen LogP contribution in [0.4, 0.5) is 23.2 Å². The van der Waals surface area contributed by atoms with Gasteiger partial charge in [-0.25, -0.2) is 9.07 Å². The van der Waals surface area contributed by atoms with Crippen LogP contribution in [0.3, 0.4) is 0 Å². The third-order valence-corrected chi connectivity index (χ3v) is 7.34. The number of carbonyl (C=O) groups excluding carboxylic acids is 2. The smallest absolute Gasteiger partial charge is 0.337 e. The van der Waals surface area contributed by atoms with Crippen molar-refractivity contribution in [2.45, 2.75) is 31.4 Å². The summed E-state index contributed by atoms with van der Waals surface area (Å²) in [4.78, 5) is 30.3. The number of alkyl halides is 3. The molecule has 7 nitrogen and oxygen atoms in total. The van der Waals surface area contributed by atoms with Crippen molar-refractivity contribution in [3.63, 3.8) is 0 Å². The minimum absolute atomic E-state index is 0.143. The average molecular weight is 552 g/mol. The largest absolute Gasteiger partial charge is 0.416 e. The molecule has 0 unspecified atom stereocenters. The molecule has 0 spiro atoms. The number of carbonyl (C=O) groups is 2. The highest BCUT2D eigenvalue weighted by atomic mass is 19.4. The van der Waals surface area contributed by atoms with Crippen molar-refractivity contribution in [3.8, 4) is 16.9 Å². The van der Waals surface area contributed by atoms with E-state index in [1.54, 1.807) is 35.5 Å². The summed E-state index contributed by atoms with van der Waals surface area (Å²) in [5.41, 5.74) is 1.65. The molecule has 2 amide bonds. The van der Waals surface area contributed by atoms with E-state index in [0.717, 1.165) is 12.1 Å². The van der Waals surface area contributed by atoms with Crippen LogP contribution in [0.25, 0.3) is 16.9 Å². The first-order chi connectivity index (χ1) is 19.1. The topological polar surface area (TPSA) is 80.1 Å². The van der Waals surface area contributed by atoms with Crippen LogP contribution < -0.4 is 5.32 Å². The maximum absolute atomic E-state index is 14.1. The standard InChI is InChI=1S/C29H25F4N5O2/c1-28(23-16-21(30)4-7-24(23)35-18-39)10-14-37(15-11-28)27(40)25-17-26(19-8-12-34-13-9-19)38(36-25)22-5-2-20(3-6-22)29(31,32)33/h2-9,12-13,16-18H,10-11,14-15H2,1H3,(H,35,39). The number of piperidine rings is 1. The number of hydrogen-bond donors (Lipinski definition) is 1. The third kappa shape index (κ3) is 5.31. The fourth-order valence-corrected chi connectivity index (χ4v) is 5.04. The van der Waals surface area contributed by atoms with E-state index in [0.29, 0.717) is 60.5 Å². The van der Waals surface area contributed by atoms with E-state index in [2.05, 4.69) is 15.4 Å². The van der Waals surface area contributed by atoms with Gasteiger partial charge in [0.25, 0.3) is 5.91 Å². The van der Waals surface area contributed by atoms with Crippen LogP contribution in [-0.4, -0.2) is 45.1 Å². The Labute approximate surface area is 227 Å². The Kier molecular flexibility index (Phi) is 7.14. The van der Waals surface area contributed by atoms with Crippen LogP contribution in [0, 0.1) is 5.82 Å². The molecular weight excluding hydrogens is 526 g/mol. The molecule has 3 heterocycles. The lowest BCUT2D eigenvalue weighted by Gasteiger charge is -2.40. The van der Waals surface area contributed by atoms with Crippen molar-refractivity contribution in [2.75, 3.05) is 18.4 Å². The van der Waals surface area contributed by atoms with Crippen molar-refractivity contribution in [1.82, 2.24) is 19.7 Å². The van der Waals surface area contributed by atoms with Gasteiger partial charge in [0.2, 0.25) is 6.41 Å². The predicted molar refractivity (Wildman–Crippen MR) is 140 cm³/mol. The average Bonchev–Trinajstić information content (AvgIpc) is 3.40. The lowest BCUT2D eigenvalue weighted by atomic mass is 9.73. The zero-order valence-corrected chi connectivity index (χ0v) is 21.5. The SMILES string of the molecule is CC1(c2cc(F)ccc2NC=O)CCN(C(=O)c2cc(-c3ccncc3)n(-c3ccc(C(F)(F)F)cc3)n2)CC1. The predicted octanol–water partition coefficient (Wildman–Crippen LogP) is 5.85. The van der Waals surface area contributed by atoms with E-state index < -0.39 is 23.0 Å². The Hall–Kier alpha value is -4.54. The Morgan fingerprint density at radius 1 is 1.00 bits per heavy atom. The number of amides is 2. The number of rotatable bonds is 6. The molecule has 0 bridgehead atoms. The normalized spacial score (nSPS) is 15.1. The van der Waals surface area contributed by atoms with Gasteiger partial charge in [0.05, 0.1) is 16.9 Å². The number of aromatic nitrogens is 3. The van der Waals surface area contributed by atoms with Crippen LogP contribution in [-0.2, 0) is 16.4 Å². The molecule has 0 saturated carbocycles. The van der Waals surface area contributed by atoms with Crippen molar-refractivity contribution in [2.24, 2.45) is 0 Å². The van der Waals surface area contributed by atoms with Crippen LogP contribution >= 0.6 is 0 Å². The van der Waals surface area contributed by atoms with E-state index in [-0.39, 0.29) is 11.6 Å². The quantitative estimate of drug-likeness (QED) is 0.241. The highest BCUT2D eigenvalue weighted by Gasteiger charge is 2.36. The maximum atomic E-state index is 14.1. The number of hydrogen-bond acceptors (Lipinski definition) is 4. The van der Waals surface area contributed by atoms with Crippen LogP contribution in [0.1, 0.15) is 41.4 Å². The minimum Gasteiger partial charge on any atom is -0.337 e. The van der Waals surface area contributed by atoms with Gasteiger partial charge in [-0.2, -0.15) is 18.3 Å². The van der Waals surface area contributed by atoms with E-state index in [9.17, 15) is 27.2 Å². The third-order valence-electron chi connectivity index (χ3n) is 7.34. The summed E-state index contributed by atoms with van der Waals surface area (Å²) in [7, 11) is 0. The van der Waals surface area contributed by atoms with Gasteiger partial charge in [0.1, 0.15) is 5.82 Å². The Morgan fingerprint density at radius 3 is 2.30 bits per heavy atom. The number of nitrogens with one attached hydrogen (secondary N) is 1. The Morgan fingerprint density at radius 2 is 1.68 bits per heavy atom. The van der Waals surface area contributed by atoms with Crippen LogP contribution in [0.5, 0.6) is 0 Å². The summed E-state index contributed by atoms with van der Waals surface area (Å²) in [6, 6.07) is 13.8. The number of benzene rings is 2. The number of pyridine rings is 1. The molecule has 4 aromatic rings. The molecule has 1 aliphatic rings. The molecule has 0 atom stereocenters. The molecule has 1 saturated heterocycles. The van der Waals surface area contributed by atoms with Crippen LogP contribution in [0.2, 0.25) is 0 Å². The molecule has 0 aliphatic carbocycles. The van der Waals surface area contributed by atoms with Crippen molar-refractivity contribution >= 4 is 18.0 Å². The van der Waals surface area contributed by atoms with E-state index >= 15 is 0 Å². The lowest BCUT2D eigenvalue weighted by Crippen LogP contribution is -2.44. The van der Waals surface area contributed by atoms with Crippen LogP contribution in [0.15, 0.2) is 73.1 Å². The molecule has 0 radical (unpaired) electrons. The summed E-state index contributed by atoms with van der Waals surface area (Å²) >= 11 is 0. The second kappa shape index (κ2) is 10.6. The lowest BCUT2D eigenvalue weighted by molar-refractivity contribution is -0.137. The van der Waals surface area contributed by atoms with Gasteiger partial charge in [0, 0.05) is 36.7 Å². The molecule has 2 aromatic carbocycles. The first-order valence-corrected chi connectivity index (χ1v) is 12.6. The van der Waals surface area contributed by atoms with E-state index in [1.807, 2.05) is 6.92 Å². The summed E-state index contributed by atoms with van der Waals surface area (Å²) in [6.07, 6.45) is 0.264. The molecule has 1 N–H and O–H groups in total. The van der Waals surface area contributed by atoms with E-state index in [1.165, 1.54) is 35.0 Å². The molecule has 40 heavy (non-hydrogen) atoms. The highest BCUT2D eigenvalue weighted by Crippen LogP contribution is 2.40. The molecule has 1 aliphatic heterocycles. The minimum atomic E-state index is -4.48. The fraction of sp³-hybridized carbons (Fsp3) is 0.241. The molecule has 11 heteroatoms. The zero-order valence-electron chi connectivity index (χ0n) is 21.5. The van der Waals surface area contributed by atoms with E-state index in [4.69, 9.17) is 0 Å². The van der Waals surface area contributed by atoms with Gasteiger partial charge in [-0.15, -0.1) is 0 Å². The van der Waals surface area contributed by atoms with Gasteiger partial charge in [-0.3, -0.25) is 14.6 Å².